The number of halogens is 5. The van der Waals surface area contributed by atoms with Gasteiger partial charge in [-0.1, -0.05) is 33.6 Å². The number of hydrogen-bond donors (Lipinski definition) is 0. The average molecular weight is 331 g/mol. The lowest BCUT2D eigenvalue weighted by Gasteiger charge is -2.23. The van der Waals surface area contributed by atoms with Crippen molar-refractivity contribution in [2.24, 2.45) is 0 Å². The summed E-state index contributed by atoms with van der Waals surface area (Å²) in [5, 5.41) is 1.07. The fourth-order valence-corrected chi connectivity index (χ4v) is 2.44. The summed E-state index contributed by atoms with van der Waals surface area (Å²) >= 11 is 9.27. The van der Waals surface area contributed by atoms with Crippen LogP contribution in [0.3, 0.4) is 0 Å². The van der Waals surface area contributed by atoms with E-state index in [-0.39, 0.29) is 6.54 Å². The predicted molar refractivity (Wildman–Crippen MR) is 68.0 cm³/mol. The first kappa shape index (κ1) is 14.6. The fourth-order valence-electron chi connectivity index (χ4n) is 1.45. The summed E-state index contributed by atoms with van der Waals surface area (Å²) < 4.78 is 36.4. The van der Waals surface area contributed by atoms with Crippen molar-refractivity contribution < 1.29 is 13.2 Å². The van der Waals surface area contributed by atoms with Crippen LogP contribution in [0.25, 0.3) is 0 Å². The van der Waals surface area contributed by atoms with Crippen LogP contribution in [0, 0.1) is 0 Å². The lowest BCUT2D eigenvalue weighted by atomic mass is 10.2. The molecular formula is C11H12BrClF3N. The summed E-state index contributed by atoms with van der Waals surface area (Å²) in [7, 11) is 1.63. The monoisotopic (exact) mass is 329 g/mol. The smallest absolute Gasteiger partial charge is 0.374 e. The molecule has 0 unspecified atom stereocenters. The Kier molecular flexibility index (Phi) is 5.13. The number of hydrogen-bond acceptors (Lipinski definition) is 1. The van der Waals surface area contributed by atoms with Crippen molar-refractivity contribution >= 4 is 33.2 Å². The van der Waals surface area contributed by atoms with E-state index in [4.69, 9.17) is 11.6 Å². The minimum absolute atomic E-state index is 0.0795. The van der Waals surface area contributed by atoms with E-state index in [0.29, 0.717) is 10.4 Å². The van der Waals surface area contributed by atoms with Gasteiger partial charge in [-0.2, -0.15) is 13.2 Å². The summed E-state index contributed by atoms with van der Waals surface area (Å²) in [6.07, 6.45) is -4.97. The molecule has 0 saturated carbocycles. The second-order valence-electron chi connectivity index (χ2n) is 3.66. The van der Waals surface area contributed by atoms with Gasteiger partial charge in [-0.05, 0) is 12.1 Å². The van der Waals surface area contributed by atoms with E-state index in [2.05, 4.69) is 15.9 Å². The highest BCUT2D eigenvalue weighted by atomic mass is 79.9. The molecular weight excluding hydrogens is 318 g/mol. The molecule has 6 heteroatoms. The zero-order valence-corrected chi connectivity index (χ0v) is 11.5. The number of alkyl halides is 4. The van der Waals surface area contributed by atoms with E-state index >= 15 is 0 Å². The molecule has 96 valence electrons. The summed E-state index contributed by atoms with van der Waals surface area (Å²) in [6.45, 7) is -0.0795. The van der Waals surface area contributed by atoms with Gasteiger partial charge >= 0.3 is 6.18 Å². The van der Waals surface area contributed by atoms with Gasteiger partial charge in [-0.25, -0.2) is 0 Å². The first-order chi connectivity index (χ1) is 7.85. The second kappa shape index (κ2) is 5.96. The van der Waals surface area contributed by atoms with Gasteiger partial charge in [0.15, 0.2) is 0 Å². The van der Waals surface area contributed by atoms with Crippen LogP contribution < -0.4 is 4.90 Å². The van der Waals surface area contributed by atoms with Crippen molar-refractivity contribution in [2.45, 2.75) is 17.9 Å². The highest BCUT2D eigenvalue weighted by Gasteiger charge is 2.27. The highest BCUT2D eigenvalue weighted by molar-refractivity contribution is 9.08. The van der Waals surface area contributed by atoms with Crippen LogP contribution in [-0.4, -0.2) is 19.8 Å². The van der Waals surface area contributed by atoms with Crippen LogP contribution in [0.1, 0.15) is 12.0 Å². The van der Waals surface area contributed by atoms with Crippen LogP contribution in [0.5, 0.6) is 0 Å². The molecule has 1 aromatic rings. The van der Waals surface area contributed by atoms with Crippen LogP contribution in [-0.2, 0) is 5.33 Å². The van der Waals surface area contributed by atoms with E-state index < -0.39 is 12.6 Å². The molecule has 0 aliphatic rings. The van der Waals surface area contributed by atoms with Gasteiger partial charge in [0.2, 0.25) is 0 Å². The first-order valence-corrected chi connectivity index (χ1v) is 6.46. The number of anilines is 1. The molecule has 0 aliphatic carbocycles. The molecule has 0 amide bonds. The molecule has 0 radical (unpaired) electrons. The Bertz CT molecular complexity index is 381. The summed E-state index contributed by atoms with van der Waals surface area (Å²) in [5.41, 5.74) is 1.53. The molecule has 0 aromatic heterocycles. The quantitative estimate of drug-likeness (QED) is 0.728. The third-order valence-electron chi connectivity index (χ3n) is 2.37. The zero-order chi connectivity index (χ0) is 13.1. The summed E-state index contributed by atoms with van der Waals surface area (Å²) in [5.74, 6) is 0. The Morgan fingerprint density at radius 2 is 2.00 bits per heavy atom. The van der Waals surface area contributed by atoms with Gasteiger partial charge in [0.05, 0.1) is 6.42 Å². The molecule has 1 aromatic carbocycles. The lowest BCUT2D eigenvalue weighted by molar-refractivity contribution is -0.132. The van der Waals surface area contributed by atoms with E-state index in [1.807, 2.05) is 0 Å². The fraction of sp³-hybridized carbons (Fsp3) is 0.455. The second-order valence-corrected chi connectivity index (χ2v) is 4.63. The van der Waals surface area contributed by atoms with Gasteiger partial charge in [0.25, 0.3) is 0 Å². The van der Waals surface area contributed by atoms with Gasteiger partial charge in [0.1, 0.15) is 0 Å². The van der Waals surface area contributed by atoms with Crippen molar-refractivity contribution in [3.8, 4) is 0 Å². The number of benzene rings is 1. The topological polar surface area (TPSA) is 3.24 Å². The van der Waals surface area contributed by atoms with Gasteiger partial charge in [-0.3, -0.25) is 0 Å². The third-order valence-corrected chi connectivity index (χ3v) is 3.28. The van der Waals surface area contributed by atoms with E-state index in [0.717, 1.165) is 11.3 Å². The van der Waals surface area contributed by atoms with Crippen LogP contribution in [0.2, 0.25) is 5.02 Å². The van der Waals surface area contributed by atoms with Gasteiger partial charge in [-0.15, -0.1) is 0 Å². The minimum atomic E-state index is -4.14. The van der Waals surface area contributed by atoms with Crippen LogP contribution >= 0.6 is 27.5 Å². The van der Waals surface area contributed by atoms with Crippen LogP contribution in [0.4, 0.5) is 18.9 Å². The van der Waals surface area contributed by atoms with E-state index in [9.17, 15) is 13.2 Å². The van der Waals surface area contributed by atoms with Crippen LogP contribution in [0.15, 0.2) is 18.2 Å². The van der Waals surface area contributed by atoms with E-state index in [1.165, 1.54) is 0 Å². The van der Waals surface area contributed by atoms with Crippen molar-refractivity contribution in [3.63, 3.8) is 0 Å². The molecule has 0 aliphatic heterocycles. The molecule has 0 heterocycles. The molecule has 1 nitrogen and oxygen atoms in total. The zero-order valence-electron chi connectivity index (χ0n) is 9.19. The molecule has 0 atom stereocenters. The largest absolute Gasteiger partial charge is 0.390 e. The third kappa shape index (κ3) is 4.39. The highest BCUT2D eigenvalue weighted by Crippen LogP contribution is 2.30. The molecule has 0 saturated heterocycles. The lowest BCUT2D eigenvalue weighted by Crippen LogP contribution is -2.24. The maximum absolute atomic E-state index is 12.1. The normalized spacial score (nSPS) is 11.6. The molecule has 0 fully saturated rings. The number of rotatable bonds is 4. The maximum Gasteiger partial charge on any atom is 0.390 e. The standard InChI is InChI=1S/C11H12BrClF3N/c1-17(6-5-11(14,15)16)10-4-2-3-9(13)8(10)7-12/h2-4H,5-7H2,1H3. The molecule has 0 spiro atoms. The summed E-state index contributed by atoms with van der Waals surface area (Å²) in [4.78, 5) is 1.57. The maximum atomic E-state index is 12.1. The Labute approximate surface area is 112 Å². The van der Waals surface area contributed by atoms with E-state index in [1.54, 1.807) is 30.1 Å². The van der Waals surface area contributed by atoms with Crippen molar-refractivity contribution in [1.82, 2.24) is 0 Å². The Hall–Kier alpha value is -0.420. The predicted octanol–water partition coefficient (Wildman–Crippen LogP) is 4.62. The SMILES string of the molecule is CN(CCC(F)(F)F)c1cccc(Cl)c1CBr. The van der Waals surface area contributed by atoms with Crippen molar-refractivity contribution in [3.05, 3.63) is 28.8 Å². The van der Waals surface area contributed by atoms with Gasteiger partial charge < -0.3 is 4.90 Å². The molecule has 1 rings (SSSR count). The first-order valence-electron chi connectivity index (χ1n) is 4.96. The van der Waals surface area contributed by atoms with Gasteiger partial charge in [0, 0.05) is 35.2 Å². The molecule has 0 bridgehead atoms. The Morgan fingerprint density at radius 3 is 2.53 bits per heavy atom. The minimum Gasteiger partial charge on any atom is -0.374 e. The molecule has 17 heavy (non-hydrogen) atoms. The molecule has 0 N–H and O–H groups in total. The Balaban J connectivity index is 2.82. The summed E-state index contributed by atoms with van der Waals surface area (Å²) in [6, 6.07) is 5.21. The van der Waals surface area contributed by atoms with Crippen molar-refractivity contribution in [2.75, 3.05) is 18.5 Å². The van der Waals surface area contributed by atoms with Crippen molar-refractivity contribution in [1.29, 1.82) is 0 Å². The Morgan fingerprint density at radius 1 is 1.35 bits per heavy atom. The number of nitrogens with zero attached hydrogens (tertiary/aromatic N) is 1. The average Bonchev–Trinajstić information content (AvgIpc) is 2.24.